The summed E-state index contributed by atoms with van der Waals surface area (Å²) in [7, 11) is 3.37. The standard InChI is InChI=1S/C19H25N3O3/c1-23-13-12-22-11-5-6-15(14-22)18-19(21-10-9-20-18)25-17-8-4-3-7-16(17)24-2/h3-4,7-10,15H,5-6,11-14H2,1-2H3. The monoisotopic (exact) mass is 343 g/mol. The molecule has 6 heteroatoms. The van der Waals surface area contributed by atoms with Crippen LogP contribution in [0.3, 0.4) is 0 Å². The lowest BCUT2D eigenvalue weighted by molar-refractivity contribution is 0.127. The van der Waals surface area contributed by atoms with E-state index in [1.54, 1.807) is 26.6 Å². The van der Waals surface area contributed by atoms with Gasteiger partial charge in [0.1, 0.15) is 5.69 Å². The van der Waals surface area contributed by atoms with Gasteiger partial charge in [0.15, 0.2) is 11.5 Å². The number of likely N-dealkylation sites (tertiary alicyclic amines) is 1. The zero-order valence-electron chi connectivity index (χ0n) is 14.9. The number of rotatable bonds is 7. The van der Waals surface area contributed by atoms with Gasteiger partial charge in [0.25, 0.3) is 0 Å². The molecule has 0 aliphatic carbocycles. The molecule has 1 aliphatic heterocycles. The Hall–Kier alpha value is -2.18. The number of benzene rings is 1. The highest BCUT2D eigenvalue weighted by atomic mass is 16.5. The summed E-state index contributed by atoms with van der Waals surface area (Å²) in [6.07, 6.45) is 5.63. The highest BCUT2D eigenvalue weighted by Crippen LogP contribution is 2.35. The lowest BCUT2D eigenvalue weighted by Gasteiger charge is -2.32. The van der Waals surface area contributed by atoms with Crippen molar-refractivity contribution in [3.8, 4) is 17.4 Å². The van der Waals surface area contributed by atoms with Crippen LogP contribution in [0.1, 0.15) is 24.5 Å². The zero-order valence-corrected chi connectivity index (χ0v) is 14.9. The number of piperidine rings is 1. The molecule has 134 valence electrons. The van der Waals surface area contributed by atoms with Crippen molar-refractivity contribution in [2.24, 2.45) is 0 Å². The van der Waals surface area contributed by atoms with E-state index in [0.29, 0.717) is 23.3 Å². The van der Waals surface area contributed by atoms with Gasteiger partial charge in [-0.2, -0.15) is 0 Å². The van der Waals surface area contributed by atoms with Gasteiger partial charge in [0, 0.05) is 38.5 Å². The topological polar surface area (TPSA) is 56.7 Å². The summed E-state index contributed by atoms with van der Waals surface area (Å²) < 4.78 is 16.6. The lowest BCUT2D eigenvalue weighted by Crippen LogP contribution is -2.36. The average molecular weight is 343 g/mol. The third-order valence-corrected chi connectivity index (χ3v) is 4.47. The molecule has 1 aromatic heterocycles. The van der Waals surface area contributed by atoms with Crippen molar-refractivity contribution < 1.29 is 14.2 Å². The van der Waals surface area contributed by atoms with E-state index in [1.807, 2.05) is 24.3 Å². The van der Waals surface area contributed by atoms with Gasteiger partial charge in [-0.15, -0.1) is 0 Å². The summed E-state index contributed by atoms with van der Waals surface area (Å²) in [6.45, 7) is 3.74. The molecule has 1 atom stereocenters. The third kappa shape index (κ3) is 4.46. The van der Waals surface area contributed by atoms with Gasteiger partial charge in [-0.25, -0.2) is 4.98 Å². The quantitative estimate of drug-likeness (QED) is 0.770. The first-order valence-corrected chi connectivity index (χ1v) is 8.65. The lowest BCUT2D eigenvalue weighted by atomic mass is 9.94. The summed E-state index contributed by atoms with van der Waals surface area (Å²) >= 11 is 0. The van der Waals surface area contributed by atoms with E-state index in [4.69, 9.17) is 14.2 Å². The fraction of sp³-hybridized carbons (Fsp3) is 0.474. The van der Waals surface area contributed by atoms with Crippen LogP contribution < -0.4 is 9.47 Å². The van der Waals surface area contributed by atoms with E-state index in [2.05, 4.69) is 14.9 Å². The molecular formula is C19H25N3O3. The molecular weight excluding hydrogens is 318 g/mol. The molecule has 0 bridgehead atoms. The van der Waals surface area contributed by atoms with Gasteiger partial charge < -0.3 is 19.1 Å². The summed E-state index contributed by atoms with van der Waals surface area (Å²) in [5.74, 6) is 2.21. The SMILES string of the molecule is COCCN1CCCC(c2nccnc2Oc2ccccc2OC)C1. The van der Waals surface area contributed by atoms with E-state index in [1.165, 1.54) is 0 Å². The Morgan fingerprint density at radius 1 is 1.12 bits per heavy atom. The second-order valence-electron chi connectivity index (χ2n) is 6.13. The number of aromatic nitrogens is 2. The van der Waals surface area contributed by atoms with Gasteiger partial charge in [0.2, 0.25) is 5.88 Å². The van der Waals surface area contributed by atoms with Crippen molar-refractivity contribution in [1.29, 1.82) is 0 Å². The second-order valence-corrected chi connectivity index (χ2v) is 6.13. The van der Waals surface area contributed by atoms with Crippen molar-refractivity contribution in [1.82, 2.24) is 14.9 Å². The maximum Gasteiger partial charge on any atom is 0.241 e. The van der Waals surface area contributed by atoms with Crippen LogP contribution in [0, 0.1) is 0 Å². The minimum absolute atomic E-state index is 0.309. The maximum absolute atomic E-state index is 6.06. The fourth-order valence-electron chi connectivity index (χ4n) is 3.20. The van der Waals surface area contributed by atoms with Gasteiger partial charge in [-0.05, 0) is 31.5 Å². The minimum Gasteiger partial charge on any atom is -0.493 e. The maximum atomic E-state index is 6.06. The molecule has 0 amide bonds. The molecule has 2 heterocycles. The van der Waals surface area contributed by atoms with Crippen LogP contribution in [0.15, 0.2) is 36.7 Å². The Morgan fingerprint density at radius 3 is 2.72 bits per heavy atom. The summed E-state index contributed by atoms with van der Waals surface area (Å²) in [6, 6.07) is 7.58. The Bertz CT molecular complexity index is 680. The predicted molar refractivity (Wildman–Crippen MR) is 95.4 cm³/mol. The molecule has 1 unspecified atom stereocenters. The summed E-state index contributed by atoms with van der Waals surface area (Å²) in [5.41, 5.74) is 0.913. The van der Waals surface area contributed by atoms with Crippen LogP contribution in [0.2, 0.25) is 0 Å². The Labute approximate surface area is 148 Å². The highest BCUT2D eigenvalue weighted by Gasteiger charge is 2.26. The summed E-state index contributed by atoms with van der Waals surface area (Å²) in [5, 5.41) is 0. The Kier molecular flexibility index (Phi) is 6.19. The molecule has 2 aromatic rings. The van der Waals surface area contributed by atoms with E-state index in [0.717, 1.165) is 44.8 Å². The number of hydrogen-bond donors (Lipinski definition) is 0. The minimum atomic E-state index is 0.309. The molecule has 1 saturated heterocycles. The van der Waals surface area contributed by atoms with Crippen molar-refractivity contribution in [2.45, 2.75) is 18.8 Å². The molecule has 1 fully saturated rings. The van der Waals surface area contributed by atoms with Crippen molar-refractivity contribution >= 4 is 0 Å². The first-order valence-electron chi connectivity index (χ1n) is 8.65. The molecule has 0 radical (unpaired) electrons. The van der Waals surface area contributed by atoms with Crippen molar-refractivity contribution in [2.75, 3.05) is 40.5 Å². The molecule has 1 aromatic carbocycles. The van der Waals surface area contributed by atoms with E-state index >= 15 is 0 Å². The van der Waals surface area contributed by atoms with E-state index in [-0.39, 0.29) is 0 Å². The van der Waals surface area contributed by atoms with E-state index < -0.39 is 0 Å². The molecule has 3 rings (SSSR count). The van der Waals surface area contributed by atoms with Crippen LogP contribution in [0.4, 0.5) is 0 Å². The number of nitrogens with zero attached hydrogens (tertiary/aromatic N) is 3. The van der Waals surface area contributed by atoms with Crippen LogP contribution in [0.25, 0.3) is 0 Å². The number of methoxy groups -OCH3 is 2. The van der Waals surface area contributed by atoms with Crippen LogP contribution in [-0.4, -0.2) is 55.3 Å². The second kappa shape index (κ2) is 8.78. The van der Waals surface area contributed by atoms with Gasteiger partial charge >= 0.3 is 0 Å². The number of hydrogen-bond acceptors (Lipinski definition) is 6. The van der Waals surface area contributed by atoms with E-state index in [9.17, 15) is 0 Å². The molecule has 0 saturated carbocycles. The predicted octanol–water partition coefficient (Wildman–Crippen LogP) is 3.10. The highest BCUT2D eigenvalue weighted by molar-refractivity contribution is 5.42. The molecule has 0 N–H and O–H groups in total. The Balaban J connectivity index is 1.78. The van der Waals surface area contributed by atoms with Crippen molar-refractivity contribution in [3.63, 3.8) is 0 Å². The molecule has 25 heavy (non-hydrogen) atoms. The smallest absolute Gasteiger partial charge is 0.241 e. The van der Waals surface area contributed by atoms with Crippen LogP contribution in [0.5, 0.6) is 17.4 Å². The third-order valence-electron chi connectivity index (χ3n) is 4.47. The number of ether oxygens (including phenoxy) is 3. The first kappa shape index (κ1) is 17.6. The number of para-hydroxylation sites is 2. The normalized spacial score (nSPS) is 18.1. The summed E-state index contributed by atoms with van der Waals surface area (Å²) in [4.78, 5) is 11.4. The zero-order chi connectivity index (χ0) is 17.5. The van der Waals surface area contributed by atoms with Crippen LogP contribution >= 0.6 is 0 Å². The van der Waals surface area contributed by atoms with Crippen LogP contribution in [-0.2, 0) is 4.74 Å². The van der Waals surface area contributed by atoms with Gasteiger partial charge in [-0.1, -0.05) is 12.1 Å². The largest absolute Gasteiger partial charge is 0.493 e. The molecule has 6 nitrogen and oxygen atoms in total. The molecule has 0 spiro atoms. The average Bonchev–Trinajstić information content (AvgIpc) is 2.67. The fourth-order valence-corrected chi connectivity index (χ4v) is 3.20. The van der Waals surface area contributed by atoms with Gasteiger partial charge in [-0.3, -0.25) is 4.98 Å². The molecule has 1 aliphatic rings. The Morgan fingerprint density at radius 2 is 1.92 bits per heavy atom. The van der Waals surface area contributed by atoms with Crippen molar-refractivity contribution in [3.05, 3.63) is 42.4 Å². The van der Waals surface area contributed by atoms with Gasteiger partial charge in [0.05, 0.1) is 13.7 Å². The first-order chi connectivity index (χ1) is 12.3.